The predicted molar refractivity (Wildman–Crippen MR) is 91.5 cm³/mol. The van der Waals surface area contributed by atoms with Crippen LogP contribution in [0.3, 0.4) is 0 Å². The minimum atomic E-state index is -0.786. The van der Waals surface area contributed by atoms with E-state index in [0.29, 0.717) is 5.75 Å². The third-order valence-corrected chi connectivity index (χ3v) is 7.31. The van der Waals surface area contributed by atoms with Gasteiger partial charge in [-0.15, -0.1) is 0 Å². The zero-order valence-corrected chi connectivity index (χ0v) is 14.6. The molecule has 4 nitrogen and oxygen atoms in total. The van der Waals surface area contributed by atoms with Gasteiger partial charge in [0.15, 0.2) is 11.5 Å². The first-order chi connectivity index (χ1) is 11.4. The number of aromatic hydroxyl groups is 1. The smallest absolute Gasteiger partial charge is 0.165 e. The summed E-state index contributed by atoms with van der Waals surface area (Å²) in [5.41, 5.74) is 1.11. The average molecular weight is 329 g/mol. The summed E-state index contributed by atoms with van der Waals surface area (Å²) in [6, 6.07) is 3.92. The molecule has 2 fully saturated rings. The van der Waals surface area contributed by atoms with Gasteiger partial charge in [-0.3, -0.25) is 4.90 Å². The van der Waals surface area contributed by atoms with Crippen LogP contribution in [0.5, 0.6) is 11.5 Å². The van der Waals surface area contributed by atoms with Gasteiger partial charge in [-0.1, -0.05) is 6.07 Å². The molecule has 4 heteroatoms. The molecule has 1 aromatic rings. The van der Waals surface area contributed by atoms with Crippen molar-refractivity contribution in [1.82, 2.24) is 4.90 Å². The molecule has 1 aromatic carbocycles. The molecule has 4 atom stereocenters. The maximum atomic E-state index is 12.0. The molecule has 4 aliphatic rings. The van der Waals surface area contributed by atoms with Gasteiger partial charge < -0.3 is 14.9 Å². The van der Waals surface area contributed by atoms with Gasteiger partial charge in [-0.25, -0.2) is 0 Å². The lowest BCUT2D eigenvalue weighted by atomic mass is 9.53. The van der Waals surface area contributed by atoms with Crippen LogP contribution in [-0.4, -0.2) is 46.5 Å². The van der Waals surface area contributed by atoms with Crippen molar-refractivity contribution < 1.29 is 14.9 Å². The van der Waals surface area contributed by atoms with Crippen LogP contribution >= 0.6 is 0 Å². The number of phenolic OH excluding ortho intramolecular Hbond substituents is 1. The Morgan fingerprint density at radius 1 is 1.29 bits per heavy atom. The van der Waals surface area contributed by atoms with Gasteiger partial charge >= 0.3 is 0 Å². The molecule has 5 rings (SSSR count). The molecular formula is C20H27NO3. The molecule has 0 amide bonds. The molecule has 0 aromatic heterocycles. The average Bonchev–Trinajstić information content (AvgIpc) is 3.29. The number of nitrogens with zero attached hydrogens (tertiary/aromatic N) is 1. The molecule has 130 valence electrons. The Balaban J connectivity index is 1.66. The first-order valence-corrected chi connectivity index (χ1v) is 9.40. The van der Waals surface area contributed by atoms with Gasteiger partial charge in [0, 0.05) is 18.2 Å². The largest absolute Gasteiger partial charge is 0.504 e. The SMILES string of the molecule is CN(CC1CC1)C1Cc2ccc(O)c3c2[C@@]2(C)[C@H](CCCC12O)O3. The summed E-state index contributed by atoms with van der Waals surface area (Å²) in [6.45, 7) is 3.25. The fraction of sp³-hybridized carbons (Fsp3) is 0.700. The van der Waals surface area contributed by atoms with Crippen LogP contribution in [0.1, 0.15) is 50.2 Å². The van der Waals surface area contributed by atoms with Crippen molar-refractivity contribution in [2.24, 2.45) is 5.92 Å². The van der Waals surface area contributed by atoms with Crippen LogP contribution in [0.2, 0.25) is 0 Å². The maximum Gasteiger partial charge on any atom is 0.165 e. The second-order valence-electron chi connectivity index (χ2n) is 8.68. The summed E-state index contributed by atoms with van der Waals surface area (Å²) in [6.07, 6.45) is 6.21. The van der Waals surface area contributed by atoms with E-state index in [9.17, 15) is 10.2 Å². The Morgan fingerprint density at radius 3 is 2.83 bits per heavy atom. The summed E-state index contributed by atoms with van der Waals surface area (Å²) < 4.78 is 6.19. The second-order valence-corrected chi connectivity index (χ2v) is 8.68. The van der Waals surface area contributed by atoms with E-state index in [2.05, 4.69) is 18.9 Å². The van der Waals surface area contributed by atoms with Crippen molar-refractivity contribution in [3.63, 3.8) is 0 Å². The van der Waals surface area contributed by atoms with Gasteiger partial charge in [0.1, 0.15) is 6.10 Å². The van der Waals surface area contributed by atoms with E-state index < -0.39 is 11.0 Å². The van der Waals surface area contributed by atoms with Crippen molar-refractivity contribution in [2.45, 2.75) is 68.6 Å². The molecule has 2 unspecified atom stereocenters. The van der Waals surface area contributed by atoms with E-state index in [0.717, 1.165) is 43.7 Å². The molecule has 24 heavy (non-hydrogen) atoms. The van der Waals surface area contributed by atoms with Crippen LogP contribution < -0.4 is 4.74 Å². The van der Waals surface area contributed by atoms with Crippen LogP contribution in [0, 0.1) is 5.92 Å². The summed E-state index contributed by atoms with van der Waals surface area (Å²) in [7, 11) is 2.18. The molecule has 1 heterocycles. The Morgan fingerprint density at radius 2 is 2.08 bits per heavy atom. The number of ether oxygens (including phenoxy) is 1. The monoisotopic (exact) mass is 329 g/mol. The molecular weight excluding hydrogens is 302 g/mol. The summed E-state index contributed by atoms with van der Waals surface area (Å²) >= 11 is 0. The van der Waals surface area contributed by atoms with Crippen LogP contribution in [0.15, 0.2) is 12.1 Å². The van der Waals surface area contributed by atoms with E-state index in [4.69, 9.17) is 4.74 Å². The molecule has 0 bridgehead atoms. The minimum Gasteiger partial charge on any atom is -0.504 e. The number of phenols is 1. The van der Waals surface area contributed by atoms with E-state index in [1.807, 2.05) is 6.07 Å². The Kier molecular flexibility index (Phi) is 2.93. The highest BCUT2D eigenvalue weighted by Crippen LogP contribution is 2.62. The van der Waals surface area contributed by atoms with Crippen molar-refractivity contribution in [3.8, 4) is 11.5 Å². The van der Waals surface area contributed by atoms with Gasteiger partial charge in [-0.05, 0) is 70.0 Å². The quantitative estimate of drug-likeness (QED) is 0.895. The number of likely N-dealkylation sites (N-methyl/N-ethyl adjacent to an activating group) is 1. The molecule has 0 spiro atoms. The third-order valence-electron chi connectivity index (χ3n) is 7.31. The summed E-state index contributed by atoms with van der Waals surface area (Å²) in [5, 5.41) is 22.2. The predicted octanol–water partition coefficient (Wildman–Crippen LogP) is 2.59. The van der Waals surface area contributed by atoms with Crippen LogP contribution in [0.25, 0.3) is 0 Å². The summed E-state index contributed by atoms with van der Waals surface area (Å²) in [5.74, 6) is 1.66. The van der Waals surface area contributed by atoms with Gasteiger partial charge in [0.2, 0.25) is 0 Å². The standard InChI is InChI=1S/C20H27NO3/c1-19-16-4-3-9-20(19,23)15(21(2)11-12-5-6-12)10-13-7-8-14(22)18(24-16)17(13)19/h7-8,12,15-16,22-23H,3-6,9-11H2,1-2H3/t15?,16-,19+,20?/m0/s1. The molecule has 0 radical (unpaired) electrons. The van der Waals surface area contributed by atoms with Crippen molar-refractivity contribution in [2.75, 3.05) is 13.6 Å². The number of benzene rings is 1. The molecule has 0 saturated heterocycles. The Labute approximate surface area is 143 Å². The highest BCUT2D eigenvalue weighted by Gasteiger charge is 2.66. The highest BCUT2D eigenvalue weighted by molar-refractivity contribution is 5.61. The van der Waals surface area contributed by atoms with E-state index in [-0.39, 0.29) is 17.9 Å². The zero-order chi connectivity index (χ0) is 16.7. The van der Waals surface area contributed by atoms with Crippen molar-refractivity contribution >= 4 is 0 Å². The van der Waals surface area contributed by atoms with Crippen LogP contribution in [0.4, 0.5) is 0 Å². The lowest BCUT2D eigenvalue weighted by Crippen LogP contribution is -2.70. The van der Waals surface area contributed by atoms with Gasteiger partial charge in [-0.2, -0.15) is 0 Å². The first-order valence-electron chi connectivity index (χ1n) is 9.40. The normalized spacial score (nSPS) is 39.7. The fourth-order valence-corrected chi connectivity index (χ4v) is 5.80. The molecule has 2 N–H and O–H groups in total. The number of hydrogen-bond acceptors (Lipinski definition) is 4. The molecule has 3 aliphatic carbocycles. The van der Waals surface area contributed by atoms with Gasteiger partial charge in [0.25, 0.3) is 0 Å². The molecule has 1 aliphatic heterocycles. The highest BCUT2D eigenvalue weighted by atomic mass is 16.5. The van der Waals surface area contributed by atoms with Gasteiger partial charge in [0.05, 0.1) is 11.0 Å². The maximum absolute atomic E-state index is 12.0. The topological polar surface area (TPSA) is 52.9 Å². The lowest BCUT2D eigenvalue weighted by molar-refractivity contribution is -0.147. The minimum absolute atomic E-state index is 0.0320. The van der Waals surface area contributed by atoms with E-state index >= 15 is 0 Å². The Bertz CT molecular complexity index is 700. The third kappa shape index (κ3) is 1.71. The van der Waals surface area contributed by atoms with E-state index in [1.54, 1.807) is 6.07 Å². The summed E-state index contributed by atoms with van der Waals surface area (Å²) in [4.78, 5) is 2.40. The van der Waals surface area contributed by atoms with Crippen molar-refractivity contribution in [3.05, 3.63) is 23.3 Å². The number of aliphatic hydroxyl groups is 1. The number of hydrogen-bond donors (Lipinski definition) is 2. The lowest BCUT2D eigenvalue weighted by Gasteiger charge is -2.57. The fourth-order valence-electron chi connectivity index (χ4n) is 5.80. The zero-order valence-electron chi connectivity index (χ0n) is 14.6. The Hall–Kier alpha value is -1.26. The second kappa shape index (κ2) is 4.67. The van der Waals surface area contributed by atoms with E-state index in [1.165, 1.54) is 18.4 Å². The number of rotatable bonds is 3. The first kappa shape index (κ1) is 15.0. The van der Waals surface area contributed by atoms with Crippen LogP contribution in [-0.2, 0) is 11.8 Å². The van der Waals surface area contributed by atoms with Crippen molar-refractivity contribution in [1.29, 1.82) is 0 Å². The molecule has 2 saturated carbocycles.